The minimum Gasteiger partial charge on any atom is -0.325 e. The molecule has 0 bridgehead atoms. The number of carbonyl (C=O) groups is 1. The Morgan fingerprint density at radius 3 is 2.38 bits per heavy atom. The number of thioether (sulfide) groups is 1. The molecular formula is C22H35N5OS. The Morgan fingerprint density at radius 1 is 1.17 bits per heavy atom. The van der Waals surface area contributed by atoms with Crippen molar-refractivity contribution >= 4 is 23.4 Å². The van der Waals surface area contributed by atoms with E-state index >= 15 is 0 Å². The number of aryl methyl sites for hydroxylation is 3. The van der Waals surface area contributed by atoms with Crippen LogP contribution in [0.15, 0.2) is 17.3 Å². The standard InChI is InChI=1S/C22H35N5OS/c1-8-10-11-27-21(18(9-2)26(6)7)24-25-22(27)29-14-19(28)23-20-16(4)12-15(3)13-17(20)5/h12-13,18H,8-11,14H2,1-7H3,(H,23,28)/t18-/m0/s1. The number of aromatic nitrogens is 3. The zero-order valence-electron chi connectivity index (χ0n) is 18.9. The number of anilines is 1. The topological polar surface area (TPSA) is 63.1 Å². The molecule has 0 aliphatic carbocycles. The van der Waals surface area contributed by atoms with Crippen molar-refractivity contribution in [3.63, 3.8) is 0 Å². The van der Waals surface area contributed by atoms with Crippen molar-refractivity contribution < 1.29 is 4.79 Å². The average molecular weight is 418 g/mol. The van der Waals surface area contributed by atoms with Crippen LogP contribution in [0.5, 0.6) is 0 Å². The lowest BCUT2D eigenvalue weighted by Gasteiger charge is -2.23. The third-order valence-corrected chi connectivity index (χ3v) is 6.03. The van der Waals surface area contributed by atoms with E-state index < -0.39 is 0 Å². The summed E-state index contributed by atoms with van der Waals surface area (Å²) >= 11 is 1.46. The molecule has 0 aliphatic heterocycles. The molecule has 0 aliphatic rings. The van der Waals surface area contributed by atoms with Gasteiger partial charge >= 0.3 is 0 Å². The average Bonchev–Trinajstić information content (AvgIpc) is 3.04. The van der Waals surface area contributed by atoms with Crippen LogP contribution in [-0.2, 0) is 11.3 Å². The van der Waals surface area contributed by atoms with Gasteiger partial charge in [0, 0.05) is 12.2 Å². The Kier molecular flexibility index (Phi) is 8.71. The van der Waals surface area contributed by atoms with Crippen molar-refractivity contribution in [2.45, 2.75) is 71.6 Å². The van der Waals surface area contributed by atoms with E-state index in [0.717, 1.165) is 53.6 Å². The lowest BCUT2D eigenvalue weighted by Crippen LogP contribution is -2.23. The number of unbranched alkanes of at least 4 members (excludes halogenated alkanes) is 1. The number of nitrogens with zero attached hydrogens (tertiary/aromatic N) is 4. The van der Waals surface area contributed by atoms with Gasteiger partial charge in [-0.05, 0) is 58.8 Å². The van der Waals surface area contributed by atoms with Crippen molar-refractivity contribution in [1.29, 1.82) is 0 Å². The second kappa shape index (κ2) is 10.8. The maximum absolute atomic E-state index is 12.6. The van der Waals surface area contributed by atoms with E-state index in [4.69, 9.17) is 0 Å². The van der Waals surface area contributed by atoms with Gasteiger partial charge in [-0.15, -0.1) is 10.2 Å². The van der Waals surface area contributed by atoms with Crippen LogP contribution >= 0.6 is 11.8 Å². The molecule has 0 fully saturated rings. The fraction of sp³-hybridized carbons (Fsp3) is 0.591. The Hall–Kier alpha value is -1.86. The smallest absolute Gasteiger partial charge is 0.234 e. The number of benzene rings is 1. The van der Waals surface area contributed by atoms with Crippen molar-refractivity contribution in [2.75, 3.05) is 25.2 Å². The van der Waals surface area contributed by atoms with Crippen LogP contribution in [-0.4, -0.2) is 45.4 Å². The largest absolute Gasteiger partial charge is 0.325 e. The SMILES string of the molecule is CCCCn1c(SCC(=O)Nc2c(C)cc(C)cc2C)nnc1[C@H](CC)N(C)C. The summed E-state index contributed by atoms with van der Waals surface area (Å²) in [5, 5.41) is 12.8. The quantitative estimate of drug-likeness (QED) is 0.565. The molecule has 7 heteroatoms. The molecule has 1 N–H and O–H groups in total. The fourth-order valence-corrected chi connectivity index (χ4v) is 4.41. The summed E-state index contributed by atoms with van der Waals surface area (Å²) in [6.07, 6.45) is 3.14. The molecule has 0 saturated carbocycles. The van der Waals surface area contributed by atoms with Crippen molar-refractivity contribution in [2.24, 2.45) is 0 Å². The summed E-state index contributed by atoms with van der Waals surface area (Å²) in [5.41, 5.74) is 4.29. The third kappa shape index (κ3) is 6.06. The highest BCUT2D eigenvalue weighted by molar-refractivity contribution is 7.99. The van der Waals surface area contributed by atoms with Crippen molar-refractivity contribution in [3.8, 4) is 0 Å². The highest BCUT2D eigenvalue weighted by Crippen LogP contribution is 2.26. The lowest BCUT2D eigenvalue weighted by atomic mass is 10.1. The zero-order chi connectivity index (χ0) is 21.6. The van der Waals surface area contributed by atoms with Crippen LogP contribution < -0.4 is 5.32 Å². The summed E-state index contributed by atoms with van der Waals surface area (Å²) in [4.78, 5) is 14.8. The summed E-state index contributed by atoms with van der Waals surface area (Å²) in [7, 11) is 4.14. The first-order valence-corrected chi connectivity index (χ1v) is 11.4. The van der Waals surface area contributed by atoms with Crippen LogP contribution in [0.1, 0.15) is 61.7 Å². The molecule has 2 rings (SSSR count). The number of hydrogen-bond donors (Lipinski definition) is 1. The number of hydrogen-bond acceptors (Lipinski definition) is 5. The second-order valence-electron chi connectivity index (χ2n) is 7.84. The van der Waals surface area contributed by atoms with Gasteiger partial charge < -0.3 is 9.88 Å². The summed E-state index contributed by atoms with van der Waals surface area (Å²) in [6, 6.07) is 4.41. The fourth-order valence-electron chi connectivity index (χ4n) is 3.64. The molecule has 1 atom stereocenters. The van der Waals surface area contributed by atoms with E-state index in [1.54, 1.807) is 0 Å². The van der Waals surface area contributed by atoms with Crippen LogP contribution in [0.25, 0.3) is 0 Å². The first-order valence-electron chi connectivity index (χ1n) is 10.4. The number of amides is 1. The van der Waals surface area contributed by atoms with E-state index in [1.807, 2.05) is 13.8 Å². The Balaban J connectivity index is 2.13. The molecular weight excluding hydrogens is 382 g/mol. The summed E-state index contributed by atoms with van der Waals surface area (Å²) in [6.45, 7) is 11.4. The van der Waals surface area contributed by atoms with Gasteiger partial charge in [-0.2, -0.15) is 0 Å². The van der Waals surface area contributed by atoms with Gasteiger partial charge in [0.15, 0.2) is 11.0 Å². The molecule has 0 saturated heterocycles. The molecule has 0 unspecified atom stereocenters. The molecule has 0 spiro atoms. The molecule has 0 radical (unpaired) electrons. The summed E-state index contributed by atoms with van der Waals surface area (Å²) < 4.78 is 2.19. The van der Waals surface area contributed by atoms with Crippen LogP contribution in [0.2, 0.25) is 0 Å². The van der Waals surface area contributed by atoms with E-state index in [-0.39, 0.29) is 11.9 Å². The first-order chi connectivity index (χ1) is 13.8. The highest BCUT2D eigenvalue weighted by Gasteiger charge is 2.22. The van der Waals surface area contributed by atoms with Gasteiger partial charge in [-0.1, -0.05) is 49.7 Å². The van der Waals surface area contributed by atoms with Crippen molar-refractivity contribution in [1.82, 2.24) is 19.7 Å². The van der Waals surface area contributed by atoms with E-state index in [1.165, 1.54) is 17.3 Å². The number of carbonyl (C=O) groups excluding carboxylic acids is 1. The highest BCUT2D eigenvalue weighted by atomic mass is 32.2. The first kappa shape index (κ1) is 23.4. The van der Waals surface area contributed by atoms with Gasteiger partial charge in [0.05, 0.1) is 11.8 Å². The molecule has 1 heterocycles. The van der Waals surface area contributed by atoms with Gasteiger partial charge in [-0.25, -0.2) is 0 Å². The van der Waals surface area contributed by atoms with E-state index in [0.29, 0.717) is 5.75 Å². The van der Waals surface area contributed by atoms with E-state index in [9.17, 15) is 4.79 Å². The molecule has 160 valence electrons. The van der Waals surface area contributed by atoms with E-state index in [2.05, 4.69) is 72.0 Å². The Bertz CT molecular complexity index is 808. The summed E-state index contributed by atoms with van der Waals surface area (Å²) in [5.74, 6) is 1.28. The van der Waals surface area contributed by atoms with Gasteiger partial charge in [0.2, 0.25) is 5.91 Å². The Morgan fingerprint density at radius 2 is 1.83 bits per heavy atom. The molecule has 1 aromatic carbocycles. The molecule has 2 aromatic rings. The van der Waals surface area contributed by atoms with Gasteiger partial charge in [0.1, 0.15) is 0 Å². The second-order valence-corrected chi connectivity index (χ2v) is 8.79. The molecule has 29 heavy (non-hydrogen) atoms. The predicted octanol–water partition coefficient (Wildman–Crippen LogP) is 4.75. The normalized spacial score (nSPS) is 12.4. The predicted molar refractivity (Wildman–Crippen MR) is 122 cm³/mol. The van der Waals surface area contributed by atoms with Crippen molar-refractivity contribution in [3.05, 3.63) is 34.6 Å². The number of rotatable bonds is 10. The monoisotopic (exact) mass is 417 g/mol. The third-order valence-electron chi connectivity index (χ3n) is 5.06. The van der Waals surface area contributed by atoms with Gasteiger partial charge in [-0.3, -0.25) is 9.69 Å². The minimum absolute atomic E-state index is 0.0173. The zero-order valence-corrected chi connectivity index (χ0v) is 19.7. The lowest BCUT2D eigenvalue weighted by molar-refractivity contribution is -0.113. The minimum atomic E-state index is -0.0173. The number of nitrogens with one attached hydrogen (secondary N) is 1. The van der Waals surface area contributed by atoms with Crippen LogP contribution in [0.4, 0.5) is 5.69 Å². The maximum Gasteiger partial charge on any atom is 0.234 e. The van der Waals surface area contributed by atoms with Crippen LogP contribution in [0, 0.1) is 20.8 Å². The van der Waals surface area contributed by atoms with Gasteiger partial charge in [0.25, 0.3) is 0 Å². The Labute approximate surface area is 179 Å². The molecule has 1 amide bonds. The molecule has 1 aromatic heterocycles. The van der Waals surface area contributed by atoms with Crippen LogP contribution in [0.3, 0.4) is 0 Å². The molecule has 6 nitrogen and oxygen atoms in total. The maximum atomic E-state index is 12.6.